The van der Waals surface area contributed by atoms with E-state index in [-0.39, 0.29) is 0 Å². The molecule has 0 atom stereocenters. The van der Waals surface area contributed by atoms with Gasteiger partial charge in [0.25, 0.3) is 0 Å². The Labute approximate surface area is 152 Å². The Kier molecular flexibility index (Phi) is 5.99. The van der Waals surface area contributed by atoms with Crippen LogP contribution in [0, 0.1) is 0 Å². The van der Waals surface area contributed by atoms with Crippen LogP contribution in [0.15, 0.2) is 90.0 Å². The van der Waals surface area contributed by atoms with Crippen LogP contribution in [-0.2, 0) is 6.61 Å². The fourth-order valence-electron chi connectivity index (χ4n) is 2.24. The minimum Gasteiger partial charge on any atom is -0.489 e. The van der Waals surface area contributed by atoms with Gasteiger partial charge in [-0.1, -0.05) is 48.5 Å². The van der Waals surface area contributed by atoms with Crippen molar-refractivity contribution in [1.29, 1.82) is 0 Å². The quantitative estimate of drug-likeness (QED) is 0.513. The second-order valence-corrected chi connectivity index (χ2v) is 5.53. The lowest BCUT2D eigenvalue weighted by molar-refractivity contribution is 0.252. The first-order valence-corrected chi connectivity index (χ1v) is 8.21. The minimum absolute atomic E-state index is 0.393. The van der Waals surface area contributed by atoms with Crippen molar-refractivity contribution >= 4 is 17.9 Å². The molecular formula is C21H19N3O2. The number of ether oxygens (including phenoxy) is 1. The molecule has 0 radical (unpaired) electrons. The summed E-state index contributed by atoms with van der Waals surface area (Å²) in [6.45, 7) is 0.523. The van der Waals surface area contributed by atoms with Crippen molar-refractivity contribution in [1.82, 2.24) is 5.43 Å². The Bertz CT molecular complexity index is 847. The number of amides is 2. The summed E-state index contributed by atoms with van der Waals surface area (Å²) >= 11 is 0. The second-order valence-electron chi connectivity index (χ2n) is 5.53. The lowest BCUT2D eigenvalue weighted by Crippen LogP contribution is -2.24. The summed E-state index contributed by atoms with van der Waals surface area (Å²) in [6.07, 6.45) is 1.57. The van der Waals surface area contributed by atoms with E-state index in [4.69, 9.17) is 4.74 Å². The van der Waals surface area contributed by atoms with Gasteiger partial charge in [-0.25, -0.2) is 10.2 Å². The summed E-state index contributed by atoms with van der Waals surface area (Å²) < 4.78 is 5.73. The molecule has 3 aromatic rings. The molecule has 2 amide bonds. The fourth-order valence-corrected chi connectivity index (χ4v) is 2.24. The summed E-state index contributed by atoms with van der Waals surface area (Å²) in [5.41, 5.74) is 5.11. The van der Waals surface area contributed by atoms with Crippen LogP contribution in [0.1, 0.15) is 11.1 Å². The summed E-state index contributed by atoms with van der Waals surface area (Å²) in [5, 5.41) is 6.62. The van der Waals surface area contributed by atoms with Crippen molar-refractivity contribution in [2.45, 2.75) is 6.61 Å². The van der Waals surface area contributed by atoms with Crippen LogP contribution in [0.4, 0.5) is 10.5 Å². The molecule has 3 rings (SSSR count). The van der Waals surface area contributed by atoms with Gasteiger partial charge in [0.15, 0.2) is 0 Å². The third kappa shape index (κ3) is 5.49. The SMILES string of the molecule is O=C(N/N=C/c1ccc(OCc2ccccc2)cc1)Nc1ccccc1. The van der Waals surface area contributed by atoms with Crippen molar-refractivity contribution < 1.29 is 9.53 Å². The first-order chi connectivity index (χ1) is 12.8. The van der Waals surface area contributed by atoms with E-state index in [2.05, 4.69) is 15.8 Å². The highest BCUT2D eigenvalue weighted by molar-refractivity contribution is 5.90. The molecular weight excluding hydrogens is 326 g/mol. The third-order valence-corrected chi connectivity index (χ3v) is 3.54. The van der Waals surface area contributed by atoms with E-state index < -0.39 is 6.03 Å². The van der Waals surface area contributed by atoms with Gasteiger partial charge in [0.2, 0.25) is 0 Å². The Morgan fingerprint density at radius 2 is 1.54 bits per heavy atom. The maximum absolute atomic E-state index is 11.7. The van der Waals surface area contributed by atoms with Gasteiger partial charge in [0.05, 0.1) is 6.21 Å². The summed E-state index contributed by atoms with van der Waals surface area (Å²) in [6, 6.07) is 26.3. The van der Waals surface area contributed by atoms with Gasteiger partial charge in [0, 0.05) is 5.69 Å². The Morgan fingerprint density at radius 1 is 0.885 bits per heavy atom. The molecule has 0 fully saturated rings. The molecule has 0 aliphatic rings. The predicted molar refractivity (Wildman–Crippen MR) is 103 cm³/mol. The smallest absolute Gasteiger partial charge is 0.339 e. The Morgan fingerprint density at radius 3 is 2.23 bits per heavy atom. The van der Waals surface area contributed by atoms with Crippen LogP contribution in [0.3, 0.4) is 0 Å². The van der Waals surface area contributed by atoms with Crippen molar-refractivity contribution in [2.75, 3.05) is 5.32 Å². The highest BCUT2D eigenvalue weighted by Gasteiger charge is 1.99. The van der Waals surface area contributed by atoms with Gasteiger partial charge in [0.1, 0.15) is 12.4 Å². The molecule has 130 valence electrons. The van der Waals surface area contributed by atoms with Crippen LogP contribution in [0.25, 0.3) is 0 Å². The highest BCUT2D eigenvalue weighted by atomic mass is 16.5. The molecule has 0 saturated heterocycles. The van der Waals surface area contributed by atoms with Crippen molar-refractivity contribution in [3.05, 3.63) is 96.1 Å². The van der Waals surface area contributed by atoms with Crippen LogP contribution in [0.2, 0.25) is 0 Å². The molecule has 5 nitrogen and oxygen atoms in total. The number of hydrogen-bond acceptors (Lipinski definition) is 3. The second kappa shape index (κ2) is 9.03. The molecule has 0 unspecified atom stereocenters. The molecule has 0 bridgehead atoms. The average molecular weight is 345 g/mol. The molecule has 0 aliphatic carbocycles. The molecule has 0 heterocycles. The number of carbonyl (C=O) groups is 1. The zero-order chi connectivity index (χ0) is 18.0. The van der Waals surface area contributed by atoms with Crippen LogP contribution < -0.4 is 15.5 Å². The van der Waals surface area contributed by atoms with E-state index in [9.17, 15) is 4.79 Å². The number of hydrazone groups is 1. The van der Waals surface area contributed by atoms with E-state index in [0.717, 1.165) is 16.9 Å². The zero-order valence-corrected chi connectivity index (χ0v) is 14.1. The number of urea groups is 1. The number of benzene rings is 3. The predicted octanol–water partition coefficient (Wildman–Crippen LogP) is 4.42. The molecule has 0 aliphatic heterocycles. The van der Waals surface area contributed by atoms with Crippen LogP contribution >= 0.6 is 0 Å². The summed E-state index contributed by atoms with van der Waals surface area (Å²) in [7, 11) is 0. The molecule has 5 heteroatoms. The normalized spacial score (nSPS) is 10.5. The first-order valence-electron chi connectivity index (χ1n) is 8.21. The third-order valence-electron chi connectivity index (χ3n) is 3.54. The lowest BCUT2D eigenvalue weighted by atomic mass is 10.2. The van der Waals surface area contributed by atoms with Crippen LogP contribution in [-0.4, -0.2) is 12.2 Å². The van der Waals surface area contributed by atoms with Crippen molar-refractivity contribution in [3.8, 4) is 5.75 Å². The van der Waals surface area contributed by atoms with Gasteiger partial charge < -0.3 is 10.1 Å². The largest absolute Gasteiger partial charge is 0.489 e. The lowest BCUT2D eigenvalue weighted by Gasteiger charge is -2.06. The first kappa shape index (κ1) is 17.2. The number of nitrogens with one attached hydrogen (secondary N) is 2. The maximum atomic E-state index is 11.7. The fraction of sp³-hybridized carbons (Fsp3) is 0.0476. The summed E-state index contributed by atoms with van der Waals surface area (Å²) in [5.74, 6) is 0.779. The van der Waals surface area contributed by atoms with E-state index in [1.54, 1.807) is 18.3 Å². The summed E-state index contributed by atoms with van der Waals surface area (Å²) in [4.78, 5) is 11.7. The number of para-hydroxylation sites is 1. The Balaban J connectivity index is 1.46. The number of nitrogens with zero attached hydrogens (tertiary/aromatic N) is 1. The van der Waals surface area contributed by atoms with E-state index >= 15 is 0 Å². The van der Waals surface area contributed by atoms with Crippen molar-refractivity contribution in [2.24, 2.45) is 5.10 Å². The van der Waals surface area contributed by atoms with E-state index in [1.165, 1.54) is 0 Å². The molecule has 2 N–H and O–H groups in total. The standard InChI is InChI=1S/C21H19N3O2/c25-21(23-19-9-5-2-6-10-19)24-22-15-17-11-13-20(14-12-17)26-16-18-7-3-1-4-8-18/h1-15H,16H2,(H2,23,24,25)/b22-15+. The molecule has 0 aromatic heterocycles. The minimum atomic E-state index is -0.393. The van der Waals surface area contributed by atoms with Crippen LogP contribution in [0.5, 0.6) is 5.75 Å². The van der Waals surface area contributed by atoms with Gasteiger partial charge in [-0.2, -0.15) is 5.10 Å². The molecule has 3 aromatic carbocycles. The average Bonchev–Trinajstić information content (AvgIpc) is 2.69. The van der Waals surface area contributed by atoms with Crippen molar-refractivity contribution in [3.63, 3.8) is 0 Å². The number of hydrogen-bond donors (Lipinski definition) is 2. The van der Waals surface area contributed by atoms with Gasteiger partial charge in [-0.3, -0.25) is 0 Å². The number of carbonyl (C=O) groups excluding carboxylic acids is 1. The monoisotopic (exact) mass is 345 g/mol. The molecule has 26 heavy (non-hydrogen) atoms. The van der Waals surface area contributed by atoms with E-state index in [0.29, 0.717) is 12.3 Å². The zero-order valence-electron chi connectivity index (χ0n) is 14.1. The number of anilines is 1. The topological polar surface area (TPSA) is 62.7 Å². The Hall–Kier alpha value is -3.60. The number of rotatable bonds is 6. The van der Waals surface area contributed by atoms with Gasteiger partial charge >= 0.3 is 6.03 Å². The van der Waals surface area contributed by atoms with Gasteiger partial charge in [-0.15, -0.1) is 0 Å². The maximum Gasteiger partial charge on any atom is 0.339 e. The highest BCUT2D eigenvalue weighted by Crippen LogP contribution is 2.13. The molecule has 0 saturated carbocycles. The van der Waals surface area contributed by atoms with E-state index in [1.807, 2.05) is 72.8 Å². The van der Waals surface area contributed by atoms with Gasteiger partial charge in [-0.05, 0) is 47.5 Å². The molecule has 0 spiro atoms.